The summed E-state index contributed by atoms with van der Waals surface area (Å²) in [5, 5.41) is 13.5. The predicted molar refractivity (Wildman–Crippen MR) is 66.1 cm³/mol. The first-order chi connectivity index (χ1) is 8.58. The Labute approximate surface area is 108 Å². The summed E-state index contributed by atoms with van der Waals surface area (Å²) in [5.74, 6) is -0.843. The van der Waals surface area contributed by atoms with E-state index >= 15 is 0 Å². The van der Waals surface area contributed by atoms with Crippen LogP contribution in [0.3, 0.4) is 0 Å². The number of nitriles is 1. The Morgan fingerprint density at radius 1 is 1.67 bits per heavy atom. The highest BCUT2D eigenvalue weighted by atomic mass is 32.1. The Bertz CT molecular complexity index is 528. The van der Waals surface area contributed by atoms with Gasteiger partial charge in [-0.05, 0) is 6.92 Å². The van der Waals surface area contributed by atoms with Gasteiger partial charge in [0.1, 0.15) is 11.8 Å². The summed E-state index contributed by atoms with van der Waals surface area (Å²) in [7, 11) is 0. The van der Waals surface area contributed by atoms with Gasteiger partial charge < -0.3 is 10.1 Å². The van der Waals surface area contributed by atoms with E-state index in [1.165, 1.54) is 24.5 Å². The van der Waals surface area contributed by atoms with Crippen LogP contribution < -0.4 is 5.32 Å². The van der Waals surface area contributed by atoms with Crippen molar-refractivity contribution < 1.29 is 14.3 Å². The van der Waals surface area contributed by atoms with Crippen LogP contribution in [0, 0.1) is 11.3 Å². The number of anilines is 1. The molecule has 1 N–H and O–H groups in total. The topological polar surface area (TPSA) is 92.1 Å². The van der Waals surface area contributed by atoms with Gasteiger partial charge in [-0.2, -0.15) is 5.26 Å². The maximum atomic E-state index is 11.3. The van der Waals surface area contributed by atoms with Crippen molar-refractivity contribution >= 4 is 28.2 Å². The molecule has 1 rings (SSSR count). The minimum Gasteiger partial charge on any atom is -0.462 e. The van der Waals surface area contributed by atoms with Crippen LogP contribution >= 0.6 is 11.3 Å². The highest BCUT2D eigenvalue weighted by molar-refractivity contribution is 7.13. The molecular weight excluding hydrogens is 254 g/mol. The van der Waals surface area contributed by atoms with Gasteiger partial charge in [0.15, 0.2) is 16.5 Å². The minimum absolute atomic E-state index is 0.144. The van der Waals surface area contributed by atoms with E-state index in [4.69, 9.17) is 5.26 Å². The molecule has 0 saturated heterocycles. The molecule has 18 heavy (non-hydrogen) atoms. The van der Waals surface area contributed by atoms with Crippen molar-refractivity contribution in [3.05, 3.63) is 22.8 Å². The average molecular weight is 265 g/mol. The highest BCUT2D eigenvalue weighted by Crippen LogP contribution is 2.16. The molecule has 0 saturated carbocycles. The van der Waals surface area contributed by atoms with Crippen molar-refractivity contribution in [3.8, 4) is 6.07 Å². The van der Waals surface area contributed by atoms with Gasteiger partial charge in [0.05, 0.1) is 6.61 Å². The average Bonchev–Trinajstić information content (AvgIpc) is 2.79. The fourth-order valence-electron chi connectivity index (χ4n) is 0.981. The number of hydrogen-bond acceptors (Lipinski definition) is 7. The molecule has 0 radical (unpaired) electrons. The Balaban J connectivity index is 2.74. The van der Waals surface area contributed by atoms with Gasteiger partial charge in [0, 0.05) is 18.5 Å². The second kappa shape index (κ2) is 6.51. The zero-order valence-electron chi connectivity index (χ0n) is 9.89. The summed E-state index contributed by atoms with van der Waals surface area (Å²) in [5.41, 5.74) is 0.182. The van der Waals surface area contributed by atoms with Gasteiger partial charge >= 0.3 is 5.97 Å². The second-order valence-electron chi connectivity index (χ2n) is 3.13. The Kier molecular flexibility index (Phi) is 5.02. The zero-order valence-corrected chi connectivity index (χ0v) is 10.7. The number of carbonyl (C=O) groups is 2. The molecule has 0 amide bonds. The van der Waals surface area contributed by atoms with Crippen molar-refractivity contribution in [2.45, 2.75) is 13.8 Å². The summed E-state index contributed by atoms with van der Waals surface area (Å²) in [6.07, 6.45) is 1.21. The molecule has 0 atom stereocenters. The fraction of sp³-hybridized carbons (Fsp3) is 0.273. The molecule has 0 aliphatic rings. The number of nitrogens with one attached hydrogen (secondary N) is 1. The number of ketones is 1. The first kappa shape index (κ1) is 13.9. The van der Waals surface area contributed by atoms with Crippen LogP contribution in [0.4, 0.5) is 5.13 Å². The third-order valence-corrected chi connectivity index (χ3v) is 2.59. The number of esters is 1. The Morgan fingerprint density at radius 2 is 2.39 bits per heavy atom. The number of rotatable bonds is 5. The van der Waals surface area contributed by atoms with E-state index < -0.39 is 5.97 Å². The van der Waals surface area contributed by atoms with Crippen molar-refractivity contribution in [1.29, 1.82) is 5.26 Å². The number of Topliss-reactive ketones (excluding diaryl/α,β-unsaturated/α-hetero) is 1. The lowest BCUT2D eigenvalue weighted by Gasteiger charge is -1.99. The summed E-state index contributed by atoms with van der Waals surface area (Å²) < 4.78 is 4.69. The molecule has 0 unspecified atom stereocenters. The third-order valence-electron chi connectivity index (χ3n) is 1.82. The molecular formula is C11H11N3O3S. The van der Waals surface area contributed by atoms with E-state index in [1.54, 1.807) is 18.4 Å². The molecule has 1 heterocycles. The number of aromatic nitrogens is 1. The van der Waals surface area contributed by atoms with Gasteiger partial charge in [0.2, 0.25) is 0 Å². The normalized spacial score (nSPS) is 10.6. The summed E-state index contributed by atoms with van der Waals surface area (Å²) in [4.78, 5) is 26.3. The van der Waals surface area contributed by atoms with Crippen LogP contribution in [0.25, 0.3) is 0 Å². The van der Waals surface area contributed by atoms with E-state index in [1.807, 2.05) is 0 Å². The van der Waals surface area contributed by atoms with E-state index in [9.17, 15) is 9.59 Å². The van der Waals surface area contributed by atoms with Gasteiger partial charge in [-0.15, -0.1) is 11.3 Å². The van der Waals surface area contributed by atoms with Crippen LogP contribution in [-0.4, -0.2) is 23.3 Å². The SMILES string of the molecule is CCOC(=O)/C(C#N)=C\Nc1nc(C(C)=O)cs1. The van der Waals surface area contributed by atoms with E-state index in [2.05, 4.69) is 15.0 Å². The third kappa shape index (κ3) is 3.68. The Hall–Kier alpha value is -2.20. The van der Waals surface area contributed by atoms with Crippen LogP contribution in [0.1, 0.15) is 24.3 Å². The number of carbonyl (C=O) groups excluding carboxylic acids is 2. The van der Waals surface area contributed by atoms with Gasteiger partial charge in [-0.25, -0.2) is 9.78 Å². The molecule has 6 nitrogen and oxygen atoms in total. The van der Waals surface area contributed by atoms with E-state index in [-0.39, 0.29) is 18.0 Å². The van der Waals surface area contributed by atoms with Crippen LogP contribution in [0.2, 0.25) is 0 Å². The molecule has 0 spiro atoms. The fourth-order valence-corrected chi connectivity index (χ4v) is 1.70. The lowest BCUT2D eigenvalue weighted by molar-refractivity contribution is -0.138. The number of nitrogens with zero attached hydrogens (tertiary/aromatic N) is 2. The van der Waals surface area contributed by atoms with E-state index in [0.29, 0.717) is 10.8 Å². The first-order valence-corrected chi connectivity index (χ1v) is 5.96. The molecule has 1 aromatic heterocycles. The van der Waals surface area contributed by atoms with Crippen molar-refractivity contribution in [1.82, 2.24) is 4.98 Å². The number of thiazole rings is 1. The van der Waals surface area contributed by atoms with Gasteiger partial charge in [-0.1, -0.05) is 0 Å². The highest BCUT2D eigenvalue weighted by Gasteiger charge is 2.10. The molecule has 0 bridgehead atoms. The monoisotopic (exact) mass is 265 g/mol. The standard InChI is InChI=1S/C11H11N3O3S/c1-3-17-10(16)8(4-12)5-13-11-14-9(6-18-11)7(2)15/h5-6H,3H2,1-2H3,(H,13,14)/b8-5-. The smallest absolute Gasteiger partial charge is 0.350 e. The van der Waals surface area contributed by atoms with E-state index in [0.717, 1.165) is 0 Å². The largest absolute Gasteiger partial charge is 0.462 e. The second-order valence-corrected chi connectivity index (χ2v) is 3.99. The summed E-state index contributed by atoms with van der Waals surface area (Å²) in [6, 6.07) is 1.72. The maximum absolute atomic E-state index is 11.3. The van der Waals surface area contributed by atoms with Gasteiger partial charge in [-0.3, -0.25) is 4.79 Å². The minimum atomic E-state index is -0.698. The van der Waals surface area contributed by atoms with Crippen LogP contribution in [-0.2, 0) is 9.53 Å². The Morgan fingerprint density at radius 3 is 2.89 bits per heavy atom. The van der Waals surface area contributed by atoms with Crippen molar-refractivity contribution in [2.75, 3.05) is 11.9 Å². The van der Waals surface area contributed by atoms with Crippen molar-refractivity contribution in [2.24, 2.45) is 0 Å². The van der Waals surface area contributed by atoms with Crippen molar-refractivity contribution in [3.63, 3.8) is 0 Å². The number of ether oxygens (including phenoxy) is 1. The summed E-state index contributed by atoms with van der Waals surface area (Å²) in [6.45, 7) is 3.26. The molecule has 1 aromatic rings. The zero-order chi connectivity index (χ0) is 13.5. The molecule has 0 aliphatic carbocycles. The molecule has 7 heteroatoms. The van der Waals surface area contributed by atoms with Crippen LogP contribution in [0.5, 0.6) is 0 Å². The quantitative estimate of drug-likeness (QED) is 0.377. The molecule has 94 valence electrons. The maximum Gasteiger partial charge on any atom is 0.350 e. The van der Waals surface area contributed by atoms with Crippen LogP contribution in [0.15, 0.2) is 17.2 Å². The lowest BCUT2D eigenvalue weighted by Crippen LogP contribution is -2.07. The van der Waals surface area contributed by atoms with Gasteiger partial charge in [0.25, 0.3) is 0 Å². The molecule has 0 aliphatic heterocycles. The molecule has 0 aromatic carbocycles. The first-order valence-electron chi connectivity index (χ1n) is 5.08. The number of hydrogen-bond donors (Lipinski definition) is 1. The summed E-state index contributed by atoms with van der Waals surface area (Å²) >= 11 is 1.21. The molecule has 0 fully saturated rings. The predicted octanol–water partition coefficient (Wildman–Crippen LogP) is 1.73. The lowest BCUT2D eigenvalue weighted by atomic mass is 10.3.